The van der Waals surface area contributed by atoms with Crippen LogP contribution >= 0.6 is 36.2 Å². The van der Waals surface area contributed by atoms with Crippen LogP contribution in [0.1, 0.15) is 36.4 Å². The Kier molecular flexibility index (Phi) is 9.39. The predicted molar refractivity (Wildman–Crippen MR) is 102 cm³/mol. The van der Waals surface area contributed by atoms with Crippen LogP contribution < -0.4 is 11.1 Å². The Morgan fingerprint density at radius 2 is 1.83 bits per heavy atom. The molecule has 0 unspecified atom stereocenters. The van der Waals surface area contributed by atoms with Crippen molar-refractivity contribution in [2.45, 2.75) is 32.2 Å². The third kappa shape index (κ3) is 5.77. The molecule has 0 saturated heterocycles. The van der Waals surface area contributed by atoms with Gasteiger partial charge in [0.05, 0.1) is 6.20 Å². The number of carbonyl (C=O) groups is 1. The first-order chi connectivity index (χ1) is 10.1. The summed E-state index contributed by atoms with van der Waals surface area (Å²) in [5, 5.41) is 3.77. The highest BCUT2D eigenvalue weighted by atomic mass is 35.5. The normalized spacial score (nSPS) is 10.4. The number of rotatable bonds is 6. The summed E-state index contributed by atoms with van der Waals surface area (Å²) in [6.07, 6.45) is 3.29. The fourth-order valence-electron chi connectivity index (χ4n) is 1.94. The van der Waals surface area contributed by atoms with E-state index in [4.69, 9.17) is 5.73 Å². The minimum Gasteiger partial charge on any atom is -0.349 e. The van der Waals surface area contributed by atoms with E-state index in [1.54, 1.807) is 6.20 Å². The molecule has 1 amide bonds. The van der Waals surface area contributed by atoms with Gasteiger partial charge in [-0.3, -0.25) is 4.79 Å². The minimum absolute atomic E-state index is 0. The van der Waals surface area contributed by atoms with Crippen molar-refractivity contribution in [1.82, 2.24) is 10.3 Å². The highest BCUT2D eigenvalue weighted by Gasteiger charge is 2.21. The zero-order valence-electron chi connectivity index (χ0n) is 13.2. The maximum atomic E-state index is 12.2. The third-order valence-electron chi connectivity index (χ3n) is 3.76. The second-order valence-corrected chi connectivity index (χ2v) is 6.18. The van der Waals surface area contributed by atoms with Gasteiger partial charge in [-0.1, -0.05) is 44.2 Å². The molecule has 0 aliphatic heterocycles. The Morgan fingerprint density at radius 3 is 2.39 bits per heavy atom. The molecule has 0 saturated carbocycles. The summed E-state index contributed by atoms with van der Waals surface area (Å²) in [6, 6.07) is 9.85. The smallest absolute Gasteiger partial charge is 0.263 e. The van der Waals surface area contributed by atoms with Crippen LogP contribution in [0.4, 0.5) is 0 Å². The molecular formula is C16H23Cl2N3OS. The largest absolute Gasteiger partial charge is 0.349 e. The molecule has 0 atom stereocenters. The van der Waals surface area contributed by atoms with Gasteiger partial charge >= 0.3 is 0 Å². The van der Waals surface area contributed by atoms with Crippen molar-refractivity contribution in [3.05, 3.63) is 41.4 Å². The maximum Gasteiger partial charge on any atom is 0.263 e. The van der Waals surface area contributed by atoms with Crippen molar-refractivity contribution < 1.29 is 4.79 Å². The van der Waals surface area contributed by atoms with Gasteiger partial charge in [0, 0.05) is 17.6 Å². The van der Waals surface area contributed by atoms with Gasteiger partial charge in [0.25, 0.3) is 5.91 Å². The fraction of sp³-hybridized carbons (Fsp3) is 0.375. The SMILES string of the molecule is CCC(N)(CC)CNC(=O)c1cnc(-c2ccccc2)s1.Cl.Cl. The molecule has 4 nitrogen and oxygen atoms in total. The van der Waals surface area contributed by atoms with Gasteiger partial charge in [-0.25, -0.2) is 4.98 Å². The lowest BCUT2D eigenvalue weighted by Gasteiger charge is -2.26. The Hall–Kier alpha value is -1.14. The zero-order chi connectivity index (χ0) is 15.3. The number of nitrogens with two attached hydrogens (primary N) is 1. The molecule has 0 radical (unpaired) electrons. The first-order valence-corrected chi connectivity index (χ1v) is 7.98. The lowest BCUT2D eigenvalue weighted by molar-refractivity contribution is 0.0946. The van der Waals surface area contributed by atoms with E-state index in [-0.39, 0.29) is 36.3 Å². The van der Waals surface area contributed by atoms with E-state index in [1.807, 2.05) is 44.2 Å². The number of carbonyl (C=O) groups excluding carboxylic acids is 1. The third-order valence-corrected chi connectivity index (χ3v) is 4.80. The molecule has 3 N–H and O–H groups in total. The molecule has 7 heteroatoms. The maximum absolute atomic E-state index is 12.2. The molecular weight excluding hydrogens is 353 g/mol. The highest BCUT2D eigenvalue weighted by Crippen LogP contribution is 2.24. The Balaban J connectivity index is 0.00000242. The lowest BCUT2D eigenvalue weighted by atomic mass is 9.94. The van der Waals surface area contributed by atoms with Gasteiger partial charge in [-0.2, -0.15) is 0 Å². The first kappa shape index (κ1) is 21.9. The van der Waals surface area contributed by atoms with Gasteiger partial charge in [0.2, 0.25) is 0 Å². The summed E-state index contributed by atoms with van der Waals surface area (Å²) in [7, 11) is 0. The summed E-state index contributed by atoms with van der Waals surface area (Å²) >= 11 is 1.40. The van der Waals surface area contributed by atoms with Gasteiger partial charge in [0.1, 0.15) is 9.88 Å². The quantitative estimate of drug-likeness (QED) is 0.804. The molecule has 23 heavy (non-hydrogen) atoms. The molecule has 0 spiro atoms. The summed E-state index contributed by atoms with van der Waals surface area (Å²) in [5.41, 5.74) is 6.89. The van der Waals surface area contributed by atoms with Crippen LogP contribution in [0.2, 0.25) is 0 Å². The number of benzene rings is 1. The number of aromatic nitrogens is 1. The second kappa shape index (κ2) is 9.88. The lowest BCUT2D eigenvalue weighted by Crippen LogP contribution is -2.49. The van der Waals surface area contributed by atoms with Crippen molar-refractivity contribution in [2.24, 2.45) is 5.73 Å². The van der Waals surface area contributed by atoms with Crippen molar-refractivity contribution in [3.8, 4) is 10.6 Å². The van der Waals surface area contributed by atoms with Gasteiger partial charge in [0.15, 0.2) is 0 Å². The van der Waals surface area contributed by atoms with Crippen LogP contribution in [0.25, 0.3) is 10.6 Å². The van der Waals surface area contributed by atoms with Crippen LogP contribution in [0.3, 0.4) is 0 Å². The standard InChI is InChI=1S/C16H21N3OS.2ClH/c1-3-16(17,4-2)11-19-14(20)13-10-18-15(21-13)12-8-6-5-7-9-12;;/h5-10H,3-4,11,17H2,1-2H3,(H,19,20);2*1H. The number of halogens is 2. The van der Waals surface area contributed by atoms with Crippen molar-refractivity contribution >= 4 is 42.1 Å². The number of nitrogens with one attached hydrogen (secondary N) is 1. The van der Waals surface area contributed by atoms with E-state index in [1.165, 1.54) is 11.3 Å². The Morgan fingerprint density at radius 1 is 1.22 bits per heavy atom. The van der Waals surface area contributed by atoms with E-state index >= 15 is 0 Å². The summed E-state index contributed by atoms with van der Waals surface area (Å²) in [4.78, 5) is 17.1. The number of thiazole rings is 1. The Bertz CT molecular complexity index is 600. The van der Waals surface area contributed by atoms with Crippen molar-refractivity contribution in [1.29, 1.82) is 0 Å². The predicted octanol–water partition coefficient (Wildman–Crippen LogP) is 3.90. The first-order valence-electron chi connectivity index (χ1n) is 7.16. The molecule has 2 rings (SSSR count). The minimum atomic E-state index is -0.331. The second-order valence-electron chi connectivity index (χ2n) is 5.15. The van der Waals surface area contributed by atoms with Crippen LogP contribution in [-0.2, 0) is 0 Å². The van der Waals surface area contributed by atoms with E-state index in [0.717, 1.165) is 23.4 Å². The fourth-order valence-corrected chi connectivity index (χ4v) is 2.77. The number of nitrogens with zero attached hydrogens (tertiary/aromatic N) is 1. The monoisotopic (exact) mass is 375 g/mol. The number of hydrogen-bond donors (Lipinski definition) is 2. The molecule has 0 aliphatic carbocycles. The zero-order valence-corrected chi connectivity index (χ0v) is 15.7. The summed E-state index contributed by atoms with van der Waals surface area (Å²) in [5.74, 6) is -0.105. The average molecular weight is 376 g/mol. The molecule has 1 heterocycles. The van der Waals surface area contributed by atoms with Crippen LogP contribution in [0.15, 0.2) is 36.5 Å². The summed E-state index contributed by atoms with van der Waals surface area (Å²) in [6.45, 7) is 4.56. The molecule has 1 aromatic heterocycles. The average Bonchev–Trinajstić information content (AvgIpc) is 3.03. The molecule has 0 fully saturated rings. The topological polar surface area (TPSA) is 68.0 Å². The van der Waals surface area contributed by atoms with Crippen molar-refractivity contribution in [2.75, 3.05) is 6.54 Å². The van der Waals surface area contributed by atoms with E-state index < -0.39 is 0 Å². The summed E-state index contributed by atoms with van der Waals surface area (Å²) < 4.78 is 0. The molecule has 0 aliphatic rings. The Labute approximate surface area is 153 Å². The number of amides is 1. The van der Waals surface area contributed by atoms with Gasteiger partial charge in [-0.05, 0) is 12.8 Å². The number of hydrogen-bond acceptors (Lipinski definition) is 4. The van der Waals surface area contributed by atoms with Gasteiger partial charge in [-0.15, -0.1) is 36.2 Å². The van der Waals surface area contributed by atoms with Crippen LogP contribution in [0, 0.1) is 0 Å². The molecule has 1 aromatic carbocycles. The van der Waals surface area contributed by atoms with E-state index in [0.29, 0.717) is 11.4 Å². The van der Waals surface area contributed by atoms with Crippen LogP contribution in [-0.4, -0.2) is 23.0 Å². The molecule has 2 aromatic rings. The molecule has 0 bridgehead atoms. The van der Waals surface area contributed by atoms with E-state index in [9.17, 15) is 4.79 Å². The highest BCUT2D eigenvalue weighted by molar-refractivity contribution is 7.16. The van der Waals surface area contributed by atoms with E-state index in [2.05, 4.69) is 10.3 Å². The van der Waals surface area contributed by atoms with Crippen LogP contribution in [0.5, 0.6) is 0 Å². The molecule has 128 valence electrons. The van der Waals surface area contributed by atoms with Crippen molar-refractivity contribution in [3.63, 3.8) is 0 Å². The van der Waals surface area contributed by atoms with Gasteiger partial charge < -0.3 is 11.1 Å².